The fraction of sp³-hybridized carbons (Fsp3) is 0.235. The summed E-state index contributed by atoms with van der Waals surface area (Å²) in [5.74, 6) is 0.167. The molecule has 128 valence electrons. The lowest BCUT2D eigenvalue weighted by molar-refractivity contribution is -0.118. The first kappa shape index (κ1) is 18.3. The zero-order chi connectivity index (χ0) is 17.9. The van der Waals surface area contributed by atoms with Crippen LogP contribution in [0.15, 0.2) is 41.3 Å². The fourth-order valence-corrected chi connectivity index (χ4v) is 2.99. The maximum atomic E-state index is 12.0. The van der Waals surface area contributed by atoms with Gasteiger partial charge in [0.1, 0.15) is 5.75 Å². The van der Waals surface area contributed by atoms with Gasteiger partial charge in [-0.2, -0.15) is 0 Å². The van der Waals surface area contributed by atoms with Crippen LogP contribution in [0, 0.1) is 13.8 Å². The summed E-state index contributed by atoms with van der Waals surface area (Å²) < 4.78 is 28.6. The van der Waals surface area contributed by atoms with Crippen LogP contribution < -0.4 is 10.1 Å². The lowest BCUT2D eigenvalue weighted by Gasteiger charge is -2.11. The van der Waals surface area contributed by atoms with E-state index in [0.29, 0.717) is 5.75 Å². The highest BCUT2D eigenvalue weighted by atomic mass is 35.5. The number of amides is 1. The van der Waals surface area contributed by atoms with Crippen molar-refractivity contribution >= 4 is 33.0 Å². The van der Waals surface area contributed by atoms with Crippen LogP contribution >= 0.6 is 11.6 Å². The second kappa shape index (κ2) is 7.23. The van der Waals surface area contributed by atoms with Crippen molar-refractivity contribution in [3.63, 3.8) is 0 Å². The number of benzene rings is 2. The van der Waals surface area contributed by atoms with E-state index in [-0.39, 0.29) is 22.2 Å². The number of aryl methyl sites for hydroxylation is 2. The second-order valence-corrected chi connectivity index (χ2v) is 8.00. The van der Waals surface area contributed by atoms with Crippen molar-refractivity contribution in [1.82, 2.24) is 0 Å². The van der Waals surface area contributed by atoms with E-state index < -0.39 is 15.7 Å². The van der Waals surface area contributed by atoms with E-state index in [4.69, 9.17) is 16.3 Å². The van der Waals surface area contributed by atoms with E-state index >= 15 is 0 Å². The lowest BCUT2D eigenvalue weighted by Crippen LogP contribution is -2.20. The first-order valence-electron chi connectivity index (χ1n) is 7.16. The summed E-state index contributed by atoms with van der Waals surface area (Å²) in [5, 5.41) is 2.81. The van der Waals surface area contributed by atoms with Crippen molar-refractivity contribution < 1.29 is 17.9 Å². The summed E-state index contributed by atoms with van der Waals surface area (Å²) >= 11 is 6.00. The highest BCUT2D eigenvalue weighted by Gasteiger charge is 2.12. The predicted octanol–water partition coefficient (Wildman–Crippen LogP) is 3.38. The van der Waals surface area contributed by atoms with E-state index in [1.165, 1.54) is 18.2 Å². The Morgan fingerprint density at radius 1 is 1.12 bits per heavy atom. The first-order valence-corrected chi connectivity index (χ1v) is 9.42. The minimum atomic E-state index is -3.38. The maximum absolute atomic E-state index is 12.0. The first-order chi connectivity index (χ1) is 11.1. The number of carbonyl (C=O) groups is 1. The Morgan fingerprint density at radius 3 is 2.33 bits per heavy atom. The molecule has 2 aromatic carbocycles. The van der Waals surface area contributed by atoms with Crippen molar-refractivity contribution in [2.45, 2.75) is 18.7 Å². The van der Waals surface area contributed by atoms with Gasteiger partial charge < -0.3 is 10.1 Å². The van der Waals surface area contributed by atoms with Crippen LogP contribution in [0.25, 0.3) is 0 Å². The van der Waals surface area contributed by atoms with Crippen molar-refractivity contribution in [2.75, 3.05) is 18.2 Å². The normalized spacial score (nSPS) is 11.2. The Balaban J connectivity index is 2.07. The van der Waals surface area contributed by atoms with Gasteiger partial charge in [-0.15, -0.1) is 0 Å². The number of hydrogen-bond donors (Lipinski definition) is 1. The fourth-order valence-electron chi connectivity index (χ4n) is 2.18. The molecule has 0 radical (unpaired) electrons. The van der Waals surface area contributed by atoms with Gasteiger partial charge in [-0.3, -0.25) is 4.79 Å². The molecule has 0 aliphatic heterocycles. The molecule has 0 aromatic heterocycles. The van der Waals surface area contributed by atoms with Gasteiger partial charge >= 0.3 is 0 Å². The molecule has 0 atom stereocenters. The third-order valence-corrected chi connectivity index (χ3v) is 4.65. The summed E-state index contributed by atoms with van der Waals surface area (Å²) in [4.78, 5) is 12.1. The molecule has 0 saturated carbocycles. The molecule has 0 heterocycles. The molecule has 0 bridgehead atoms. The quantitative estimate of drug-likeness (QED) is 0.879. The minimum absolute atomic E-state index is 0.0810. The highest BCUT2D eigenvalue weighted by molar-refractivity contribution is 7.90. The van der Waals surface area contributed by atoms with E-state index in [1.807, 2.05) is 32.0 Å². The predicted molar refractivity (Wildman–Crippen MR) is 94.6 cm³/mol. The van der Waals surface area contributed by atoms with Crippen LogP contribution in [-0.4, -0.2) is 27.2 Å². The molecule has 0 aliphatic carbocycles. The summed E-state index contributed by atoms with van der Waals surface area (Å²) in [5.41, 5.74) is 2.30. The Hall–Kier alpha value is -2.05. The zero-order valence-corrected chi connectivity index (χ0v) is 15.2. The molecule has 24 heavy (non-hydrogen) atoms. The Morgan fingerprint density at radius 2 is 1.75 bits per heavy atom. The Kier molecular flexibility index (Phi) is 5.51. The largest absolute Gasteiger partial charge is 0.484 e. The van der Waals surface area contributed by atoms with Crippen LogP contribution in [0.4, 0.5) is 5.69 Å². The molecular formula is C17H18ClNO4S. The average molecular weight is 368 g/mol. The third-order valence-electron chi connectivity index (χ3n) is 3.21. The van der Waals surface area contributed by atoms with Gasteiger partial charge in [0, 0.05) is 6.26 Å². The van der Waals surface area contributed by atoms with Crippen LogP contribution in [0.3, 0.4) is 0 Å². The van der Waals surface area contributed by atoms with Gasteiger partial charge in [0.25, 0.3) is 5.91 Å². The Labute approximate surface area is 146 Å². The zero-order valence-electron chi connectivity index (χ0n) is 13.6. The standard InChI is InChI=1S/C17H18ClNO4S/c1-11-6-12(2)8-13(7-11)23-10-17(20)19-16-9-14(24(3,21)22)4-5-15(16)18/h4-9H,10H2,1-3H3,(H,19,20). The monoisotopic (exact) mass is 367 g/mol. The number of halogens is 1. The number of rotatable bonds is 5. The van der Waals surface area contributed by atoms with Gasteiger partial charge in [0.05, 0.1) is 15.6 Å². The van der Waals surface area contributed by atoms with Crippen LogP contribution in [0.2, 0.25) is 5.02 Å². The summed E-state index contributed by atoms with van der Waals surface area (Å²) in [6, 6.07) is 9.81. The SMILES string of the molecule is Cc1cc(C)cc(OCC(=O)Nc2cc(S(C)(=O)=O)ccc2Cl)c1. The van der Waals surface area contributed by atoms with E-state index in [2.05, 4.69) is 5.32 Å². The van der Waals surface area contributed by atoms with Gasteiger partial charge in [-0.05, 0) is 55.3 Å². The maximum Gasteiger partial charge on any atom is 0.262 e. The topological polar surface area (TPSA) is 72.5 Å². The summed E-state index contributed by atoms with van der Waals surface area (Å²) in [6.07, 6.45) is 1.09. The average Bonchev–Trinajstić information content (AvgIpc) is 2.45. The van der Waals surface area contributed by atoms with Gasteiger partial charge in [-0.25, -0.2) is 8.42 Å². The number of carbonyl (C=O) groups excluding carboxylic acids is 1. The molecule has 7 heteroatoms. The number of ether oxygens (including phenoxy) is 1. The lowest BCUT2D eigenvalue weighted by atomic mass is 10.1. The smallest absolute Gasteiger partial charge is 0.262 e. The molecule has 1 amide bonds. The molecule has 5 nitrogen and oxygen atoms in total. The molecule has 1 N–H and O–H groups in total. The highest BCUT2D eigenvalue weighted by Crippen LogP contribution is 2.25. The van der Waals surface area contributed by atoms with Crippen LogP contribution in [-0.2, 0) is 14.6 Å². The number of nitrogens with one attached hydrogen (secondary N) is 1. The van der Waals surface area contributed by atoms with Gasteiger partial charge in [0.15, 0.2) is 16.4 Å². The number of hydrogen-bond acceptors (Lipinski definition) is 4. The Bertz CT molecular complexity index is 858. The summed E-state index contributed by atoms with van der Waals surface area (Å²) in [7, 11) is -3.38. The molecule has 0 fully saturated rings. The van der Waals surface area contributed by atoms with Crippen molar-refractivity contribution in [2.24, 2.45) is 0 Å². The van der Waals surface area contributed by atoms with E-state index in [1.54, 1.807) is 0 Å². The number of anilines is 1. The third kappa shape index (κ3) is 4.97. The van der Waals surface area contributed by atoms with E-state index in [0.717, 1.165) is 17.4 Å². The molecule has 2 rings (SSSR count). The number of sulfone groups is 1. The molecule has 0 unspecified atom stereocenters. The van der Waals surface area contributed by atoms with Gasteiger partial charge in [0.2, 0.25) is 0 Å². The van der Waals surface area contributed by atoms with Crippen molar-refractivity contribution in [3.8, 4) is 5.75 Å². The second-order valence-electron chi connectivity index (χ2n) is 5.57. The summed E-state index contributed by atoms with van der Waals surface area (Å²) in [6.45, 7) is 3.68. The minimum Gasteiger partial charge on any atom is -0.484 e. The van der Waals surface area contributed by atoms with Crippen molar-refractivity contribution in [1.29, 1.82) is 0 Å². The molecular weight excluding hydrogens is 350 g/mol. The van der Waals surface area contributed by atoms with Crippen LogP contribution in [0.1, 0.15) is 11.1 Å². The van der Waals surface area contributed by atoms with E-state index in [9.17, 15) is 13.2 Å². The van der Waals surface area contributed by atoms with Gasteiger partial charge in [-0.1, -0.05) is 17.7 Å². The van der Waals surface area contributed by atoms with Crippen LogP contribution in [0.5, 0.6) is 5.75 Å². The molecule has 0 aliphatic rings. The van der Waals surface area contributed by atoms with Crippen molar-refractivity contribution in [3.05, 3.63) is 52.5 Å². The molecule has 2 aromatic rings. The molecule has 0 spiro atoms. The molecule has 0 saturated heterocycles.